The van der Waals surface area contributed by atoms with Crippen molar-refractivity contribution in [3.8, 4) is 11.1 Å². The standard InChI is InChI=1S/C18H17N3O3S2/c1-3-13-15(26-21-20-13)16(22)19-17-14(18(23)24-4-2)12(10-25-17)11-8-6-5-7-9-11/h5-10H,3-4H2,1-2H3,(H,19,22). The molecular formula is C18H17N3O3S2. The van der Waals surface area contributed by atoms with Gasteiger partial charge in [-0.15, -0.1) is 16.4 Å². The molecule has 1 N–H and O–H groups in total. The largest absolute Gasteiger partial charge is 0.462 e. The molecule has 3 aromatic rings. The van der Waals surface area contributed by atoms with Crippen LogP contribution < -0.4 is 5.32 Å². The maximum absolute atomic E-state index is 12.6. The molecule has 0 aliphatic heterocycles. The molecule has 0 unspecified atom stereocenters. The lowest BCUT2D eigenvalue weighted by molar-refractivity contribution is 0.0529. The number of hydrogen-bond donors (Lipinski definition) is 1. The van der Waals surface area contributed by atoms with Crippen LogP contribution >= 0.6 is 22.9 Å². The predicted molar refractivity (Wildman–Crippen MR) is 103 cm³/mol. The van der Waals surface area contributed by atoms with Gasteiger partial charge in [0, 0.05) is 10.9 Å². The van der Waals surface area contributed by atoms with Gasteiger partial charge in [0.25, 0.3) is 5.91 Å². The van der Waals surface area contributed by atoms with Crippen molar-refractivity contribution in [2.75, 3.05) is 11.9 Å². The van der Waals surface area contributed by atoms with E-state index in [1.807, 2.05) is 42.6 Å². The smallest absolute Gasteiger partial charge is 0.341 e. The van der Waals surface area contributed by atoms with Gasteiger partial charge in [0.05, 0.1) is 12.3 Å². The van der Waals surface area contributed by atoms with Gasteiger partial charge in [-0.2, -0.15) is 0 Å². The zero-order chi connectivity index (χ0) is 18.5. The summed E-state index contributed by atoms with van der Waals surface area (Å²) in [7, 11) is 0. The minimum Gasteiger partial charge on any atom is -0.462 e. The van der Waals surface area contributed by atoms with Crippen molar-refractivity contribution in [1.82, 2.24) is 9.59 Å². The van der Waals surface area contributed by atoms with Gasteiger partial charge in [0.15, 0.2) is 0 Å². The summed E-state index contributed by atoms with van der Waals surface area (Å²) in [5.74, 6) is -0.773. The number of esters is 1. The van der Waals surface area contributed by atoms with Crippen molar-refractivity contribution in [1.29, 1.82) is 0 Å². The second kappa shape index (κ2) is 8.20. The molecule has 0 spiro atoms. The summed E-state index contributed by atoms with van der Waals surface area (Å²) < 4.78 is 9.04. The molecule has 6 nitrogen and oxygen atoms in total. The SMILES string of the molecule is CCOC(=O)c1c(-c2ccccc2)csc1NC(=O)c1snnc1CC. The van der Waals surface area contributed by atoms with Gasteiger partial charge in [0.1, 0.15) is 15.4 Å². The first-order valence-electron chi connectivity index (χ1n) is 8.12. The first kappa shape index (κ1) is 18.2. The van der Waals surface area contributed by atoms with E-state index < -0.39 is 5.97 Å². The van der Waals surface area contributed by atoms with E-state index in [2.05, 4.69) is 14.9 Å². The van der Waals surface area contributed by atoms with Crippen molar-refractivity contribution in [2.45, 2.75) is 20.3 Å². The molecule has 3 rings (SSSR count). The fourth-order valence-electron chi connectivity index (χ4n) is 2.46. The third-order valence-corrected chi connectivity index (χ3v) is 5.34. The molecule has 1 aromatic carbocycles. The highest BCUT2D eigenvalue weighted by molar-refractivity contribution is 7.15. The zero-order valence-electron chi connectivity index (χ0n) is 14.3. The number of carbonyl (C=O) groups is 2. The van der Waals surface area contributed by atoms with Crippen molar-refractivity contribution in [3.63, 3.8) is 0 Å². The van der Waals surface area contributed by atoms with Crippen LogP contribution in [0.4, 0.5) is 5.00 Å². The molecule has 0 saturated carbocycles. The molecule has 0 atom stereocenters. The van der Waals surface area contributed by atoms with Crippen molar-refractivity contribution >= 4 is 39.7 Å². The van der Waals surface area contributed by atoms with Crippen LogP contribution in [0.3, 0.4) is 0 Å². The van der Waals surface area contributed by atoms with E-state index >= 15 is 0 Å². The Labute approximate surface area is 159 Å². The van der Waals surface area contributed by atoms with E-state index in [-0.39, 0.29) is 12.5 Å². The van der Waals surface area contributed by atoms with Crippen LogP contribution in [-0.4, -0.2) is 28.1 Å². The van der Waals surface area contributed by atoms with E-state index in [0.29, 0.717) is 27.6 Å². The van der Waals surface area contributed by atoms with E-state index in [1.165, 1.54) is 11.3 Å². The Morgan fingerprint density at radius 2 is 1.96 bits per heavy atom. The minimum absolute atomic E-state index is 0.259. The Bertz CT molecular complexity index is 919. The molecule has 0 aliphatic carbocycles. The summed E-state index contributed by atoms with van der Waals surface area (Å²) in [6.07, 6.45) is 0.615. The molecule has 2 heterocycles. The minimum atomic E-state index is -0.457. The second-order valence-electron chi connectivity index (χ2n) is 5.30. The number of hydrogen-bond acceptors (Lipinski definition) is 7. The number of benzene rings is 1. The number of nitrogens with zero attached hydrogens (tertiary/aromatic N) is 2. The Balaban J connectivity index is 1.98. The Morgan fingerprint density at radius 1 is 1.19 bits per heavy atom. The lowest BCUT2D eigenvalue weighted by Crippen LogP contribution is -2.15. The number of thiophene rings is 1. The van der Waals surface area contributed by atoms with Crippen molar-refractivity contribution < 1.29 is 14.3 Å². The molecule has 0 aliphatic rings. The predicted octanol–water partition coefficient (Wildman–Crippen LogP) is 4.26. The number of carbonyl (C=O) groups excluding carboxylic acids is 2. The topological polar surface area (TPSA) is 81.2 Å². The monoisotopic (exact) mass is 387 g/mol. The van der Waals surface area contributed by atoms with Crippen LogP contribution in [0.15, 0.2) is 35.7 Å². The van der Waals surface area contributed by atoms with Gasteiger partial charge in [-0.05, 0) is 30.4 Å². The number of nitrogens with one attached hydrogen (secondary N) is 1. The number of ether oxygens (including phenoxy) is 1. The number of aryl methyl sites for hydroxylation is 1. The average molecular weight is 387 g/mol. The summed E-state index contributed by atoms with van der Waals surface area (Å²) >= 11 is 2.34. The maximum Gasteiger partial charge on any atom is 0.341 e. The van der Waals surface area contributed by atoms with Crippen LogP contribution in [0.25, 0.3) is 11.1 Å². The molecular weight excluding hydrogens is 370 g/mol. The lowest BCUT2D eigenvalue weighted by Gasteiger charge is -2.08. The molecule has 1 amide bonds. The summed E-state index contributed by atoms with van der Waals surface area (Å²) in [6, 6.07) is 9.54. The Kier molecular flexibility index (Phi) is 5.75. The molecule has 134 valence electrons. The van der Waals surface area contributed by atoms with Gasteiger partial charge in [-0.1, -0.05) is 41.7 Å². The first-order chi connectivity index (χ1) is 12.7. The molecule has 26 heavy (non-hydrogen) atoms. The van der Waals surface area contributed by atoms with Gasteiger partial charge >= 0.3 is 5.97 Å². The van der Waals surface area contributed by atoms with Crippen LogP contribution in [0.2, 0.25) is 0 Å². The van der Waals surface area contributed by atoms with E-state index in [1.54, 1.807) is 6.92 Å². The summed E-state index contributed by atoms with van der Waals surface area (Å²) in [5, 5.41) is 9.09. The number of aromatic nitrogens is 2. The number of rotatable bonds is 6. The Morgan fingerprint density at radius 3 is 2.65 bits per heavy atom. The van der Waals surface area contributed by atoms with E-state index in [0.717, 1.165) is 22.7 Å². The van der Waals surface area contributed by atoms with Gasteiger partial charge < -0.3 is 10.1 Å². The first-order valence-corrected chi connectivity index (χ1v) is 9.77. The summed E-state index contributed by atoms with van der Waals surface area (Å²) in [5.41, 5.74) is 2.64. The van der Waals surface area contributed by atoms with Crippen LogP contribution in [0.5, 0.6) is 0 Å². The van der Waals surface area contributed by atoms with Gasteiger partial charge in [-0.25, -0.2) is 4.79 Å². The summed E-state index contributed by atoms with van der Waals surface area (Å²) in [4.78, 5) is 25.6. The highest BCUT2D eigenvalue weighted by Gasteiger charge is 2.24. The highest BCUT2D eigenvalue weighted by Crippen LogP contribution is 2.36. The fraction of sp³-hybridized carbons (Fsp3) is 0.222. The Hall–Kier alpha value is -2.58. The molecule has 2 aromatic heterocycles. The molecule has 0 bridgehead atoms. The second-order valence-corrected chi connectivity index (χ2v) is 6.93. The quantitative estimate of drug-likeness (QED) is 0.639. The molecule has 0 fully saturated rings. The van der Waals surface area contributed by atoms with Gasteiger partial charge in [0.2, 0.25) is 0 Å². The third kappa shape index (κ3) is 3.66. The van der Waals surface area contributed by atoms with Crippen molar-refractivity contribution in [2.24, 2.45) is 0 Å². The molecule has 0 saturated heterocycles. The number of anilines is 1. The van der Waals surface area contributed by atoms with Crippen LogP contribution in [0, 0.1) is 0 Å². The van der Waals surface area contributed by atoms with Gasteiger partial charge in [-0.3, -0.25) is 4.79 Å². The normalized spacial score (nSPS) is 10.5. The van der Waals surface area contributed by atoms with Crippen LogP contribution in [0.1, 0.15) is 39.6 Å². The summed E-state index contributed by atoms with van der Waals surface area (Å²) in [6.45, 7) is 3.92. The zero-order valence-corrected chi connectivity index (χ0v) is 15.9. The van der Waals surface area contributed by atoms with E-state index in [4.69, 9.17) is 4.74 Å². The maximum atomic E-state index is 12.6. The van der Waals surface area contributed by atoms with E-state index in [9.17, 15) is 9.59 Å². The fourth-order valence-corrected chi connectivity index (χ4v) is 4.06. The van der Waals surface area contributed by atoms with Crippen LogP contribution in [-0.2, 0) is 11.2 Å². The molecule has 0 radical (unpaired) electrons. The third-order valence-electron chi connectivity index (χ3n) is 3.68. The highest BCUT2D eigenvalue weighted by atomic mass is 32.1. The lowest BCUT2D eigenvalue weighted by atomic mass is 10.0. The van der Waals surface area contributed by atoms with Crippen molar-refractivity contribution in [3.05, 3.63) is 51.8 Å². The molecule has 8 heteroatoms. The number of amides is 1. The average Bonchev–Trinajstić information content (AvgIpc) is 3.29.